The molecule has 1 N–H and O–H groups in total. The zero-order chi connectivity index (χ0) is 22.0. The summed E-state index contributed by atoms with van der Waals surface area (Å²) in [6, 6.07) is 6.06. The molecule has 3 aromatic rings. The predicted molar refractivity (Wildman–Crippen MR) is 107 cm³/mol. The molecule has 0 spiro atoms. The first-order valence-corrected chi connectivity index (χ1v) is 8.71. The molecule has 3 rings (SSSR count). The van der Waals surface area contributed by atoms with Crippen molar-refractivity contribution in [3.8, 4) is 45.8 Å². The van der Waals surface area contributed by atoms with Crippen molar-refractivity contribution in [2.24, 2.45) is 0 Å². The fourth-order valence-electron chi connectivity index (χ4n) is 3.03. The van der Waals surface area contributed by atoms with Crippen LogP contribution in [0.2, 0.25) is 0 Å². The molecule has 9 heteroatoms. The normalized spacial score (nSPS) is 10.6. The van der Waals surface area contributed by atoms with Gasteiger partial charge in [0.1, 0.15) is 22.6 Å². The van der Waals surface area contributed by atoms with Crippen molar-refractivity contribution >= 4 is 16.9 Å². The van der Waals surface area contributed by atoms with Gasteiger partial charge in [-0.05, 0) is 18.2 Å². The van der Waals surface area contributed by atoms with Crippen molar-refractivity contribution in [2.45, 2.75) is 6.92 Å². The summed E-state index contributed by atoms with van der Waals surface area (Å²) in [6.45, 7) is 1.19. The van der Waals surface area contributed by atoms with E-state index in [1.54, 1.807) is 18.2 Å². The maximum Gasteiger partial charge on any atom is 0.308 e. The number of carbonyl (C=O) groups excluding carboxylic acids is 1. The number of hydrogen-bond donors (Lipinski definition) is 1. The SMILES string of the molecule is COc1ccc(OC)c(-c2oc3c(OC(C)=O)c(OC)cc(O)c3c(=O)c2OC)c1. The third-order valence-electron chi connectivity index (χ3n) is 4.35. The molecule has 0 amide bonds. The van der Waals surface area contributed by atoms with Crippen LogP contribution in [0.25, 0.3) is 22.3 Å². The average Bonchev–Trinajstić information content (AvgIpc) is 2.74. The first kappa shape index (κ1) is 20.8. The Bertz CT molecular complexity index is 1180. The molecule has 0 aliphatic heterocycles. The highest BCUT2D eigenvalue weighted by Crippen LogP contribution is 2.45. The number of methoxy groups -OCH3 is 4. The number of rotatable bonds is 6. The summed E-state index contributed by atoms with van der Waals surface area (Å²) >= 11 is 0. The fraction of sp³-hybridized carbons (Fsp3) is 0.238. The molecule has 0 aliphatic carbocycles. The summed E-state index contributed by atoms with van der Waals surface area (Å²) in [4.78, 5) is 24.8. The van der Waals surface area contributed by atoms with Gasteiger partial charge in [-0.25, -0.2) is 0 Å². The molecule has 9 nitrogen and oxygen atoms in total. The largest absolute Gasteiger partial charge is 0.507 e. The van der Waals surface area contributed by atoms with Crippen molar-refractivity contribution in [1.29, 1.82) is 0 Å². The van der Waals surface area contributed by atoms with E-state index in [2.05, 4.69) is 0 Å². The molecule has 0 aliphatic rings. The molecule has 0 radical (unpaired) electrons. The molecule has 0 atom stereocenters. The average molecular weight is 416 g/mol. The molecule has 0 fully saturated rings. The van der Waals surface area contributed by atoms with E-state index in [-0.39, 0.29) is 34.0 Å². The van der Waals surface area contributed by atoms with Crippen LogP contribution in [-0.2, 0) is 4.79 Å². The summed E-state index contributed by atoms with van der Waals surface area (Å²) in [5, 5.41) is 10.2. The van der Waals surface area contributed by atoms with Gasteiger partial charge < -0.3 is 33.2 Å². The second-order valence-electron chi connectivity index (χ2n) is 6.08. The third kappa shape index (κ3) is 3.45. The second kappa shape index (κ2) is 8.24. The first-order chi connectivity index (χ1) is 14.4. The second-order valence-corrected chi connectivity index (χ2v) is 6.08. The number of aromatic hydroxyl groups is 1. The maximum atomic E-state index is 13.2. The van der Waals surface area contributed by atoms with E-state index in [1.807, 2.05) is 0 Å². The number of carbonyl (C=O) groups is 1. The van der Waals surface area contributed by atoms with E-state index in [0.29, 0.717) is 17.1 Å². The Morgan fingerprint density at radius 1 is 0.933 bits per heavy atom. The molecule has 0 saturated heterocycles. The molecular weight excluding hydrogens is 396 g/mol. The third-order valence-corrected chi connectivity index (χ3v) is 4.35. The zero-order valence-electron chi connectivity index (χ0n) is 17.0. The van der Waals surface area contributed by atoms with Gasteiger partial charge in [0, 0.05) is 13.0 Å². The molecule has 2 aromatic carbocycles. The van der Waals surface area contributed by atoms with E-state index < -0.39 is 17.1 Å². The lowest BCUT2D eigenvalue weighted by Gasteiger charge is -2.16. The van der Waals surface area contributed by atoms with Crippen LogP contribution >= 0.6 is 0 Å². The van der Waals surface area contributed by atoms with Gasteiger partial charge in [-0.15, -0.1) is 0 Å². The lowest BCUT2D eigenvalue weighted by Crippen LogP contribution is -2.10. The topological polar surface area (TPSA) is 114 Å². The highest BCUT2D eigenvalue weighted by Gasteiger charge is 2.27. The Kier molecular flexibility index (Phi) is 5.72. The highest BCUT2D eigenvalue weighted by molar-refractivity contribution is 5.95. The lowest BCUT2D eigenvalue weighted by atomic mass is 10.1. The van der Waals surface area contributed by atoms with Crippen molar-refractivity contribution in [1.82, 2.24) is 0 Å². The van der Waals surface area contributed by atoms with Gasteiger partial charge in [-0.2, -0.15) is 0 Å². The maximum absolute atomic E-state index is 13.2. The van der Waals surface area contributed by atoms with Crippen LogP contribution in [0.3, 0.4) is 0 Å². The minimum Gasteiger partial charge on any atom is -0.507 e. The van der Waals surface area contributed by atoms with Gasteiger partial charge in [0.05, 0.1) is 34.0 Å². The Balaban J connectivity index is 2.50. The van der Waals surface area contributed by atoms with Gasteiger partial charge in [-0.1, -0.05) is 0 Å². The van der Waals surface area contributed by atoms with Crippen LogP contribution in [0.15, 0.2) is 33.5 Å². The fourth-order valence-corrected chi connectivity index (χ4v) is 3.03. The van der Waals surface area contributed by atoms with E-state index >= 15 is 0 Å². The summed E-state index contributed by atoms with van der Waals surface area (Å²) < 4.78 is 32.3. The number of phenolic OH excluding ortho intramolecular Hbond substituents is 1. The number of phenols is 1. The van der Waals surface area contributed by atoms with Crippen LogP contribution in [0.5, 0.6) is 34.5 Å². The highest BCUT2D eigenvalue weighted by atomic mass is 16.6. The molecule has 0 unspecified atom stereocenters. The number of benzene rings is 2. The minimum absolute atomic E-state index is 0.00655. The minimum atomic E-state index is -0.674. The van der Waals surface area contributed by atoms with E-state index in [1.165, 1.54) is 35.4 Å². The van der Waals surface area contributed by atoms with Gasteiger partial charge in [-0.3, -0.25) is 9.59 Å². The van der Waals surface area contributed by atoms with Crippen LogP contribution in [0, 0.1) is 0 Å². The molecule has 1 heterocycles. The van der Waals surface area contributed by atoms with E-state index in [0.717, 1.165) is 6.07 Å². The van der Waals surface area contributed by atoms with E-state index in [9.17, 15) is 14.7 Å². The summed E-state index contributed by atoms with van der Waals surface area (Å²) in [6.07, 6.45) is 0. The quantitative estimate of drug-likeness (QED) is 0.478. The summed E-state index contributed by atoms with van der Waals surface area (Å²) in [7, 11) is 5.56. The Morgan fingerprint density at radius 2 is 1.63 bits per heavy atom. The predicted octanol–water partition coefficient (Wildman–Crippen LogP) is 3.13. The Hall–Kier alpha value is -3.88. The smallest absolute Gasteiger partial charge is 0.308 e. The molecule has 1 aromatic heterocycles. The van der Waals surface area contributed by atoms with Crippen LogP contribution in [0.4, 0.5) is 0 Å². The molecular formula is C21H20O9. The molecule has 0 saturated carbocycles. The molecule has 0 bridgehead atoms. The van der Waals surface area contributed by atoms with Gasteiger partial charge in [0.25, 0.3) is 0 Å². The monoisotopic (exact) mass is 416 g/mol. The van der Waals surface area contributed by atoms with Gasteiger partial charge in [0.15, 0.2) is 17.1 Å². The van der Waals surface area contributed by atoms with Crippen LogP contribution in [0.1, 0.15) is 6.92 Å². The van der Waals surface area contributed by atoms with Crippen LogP contribution in [-0.4, -0.2) is 39.5 Å². The molecule has 30 heavy (non-hydrogen) atoms. The number of ether oxygens (including phenoxy) is 5. The number of hydrogen-bond acceptors (Lipinski definition) is 9. The number of esters is 1. The van der Waals surface area contributed by atoms with Crippen molar-refractivity contribution in [3.63, 3.8) is 0 Å². The van der Waals surface area contributed by atoms with Gasteiger partial charge in [0.2, 0.25) is 16.9 Å². The summed E-state index contributed by atoms with van der Waals surface area (Å²) in [5.74, 6) is -0.571. The first-order valence-electron chi connectivity index (χ1n) is 8.71. The Labute approximate surface area is 171 Å². The van der Waals surface area contributed by atoms with Crippen LogP contribution < -0.4 is 29.1 Å². The zero-order valence-corrected chi connectivity index (χ0v) is 17.0. The molecule has 158 valence electrons. The van der Waals surface area contributed by atoms with Crippen molar-refractivity contribution < 1.29 is 38.0 Å². The Morgan fingerprint density at radius 3 is 2.20 bits per heavy atom. The van der Waals surface area contributed by atoms with E-state index in [4.69, 9.17) is 28.1 Å². The lowest BCUT2D eigenvalue weighted by molar-refractivity contribution is -0.131. The van der Waals surface area contributed by atoms with Gasteiger partial charge >= 0.3 is 5.97 Å². The standard InChI is InChI=1S/C21H20O9/c1-10(22)29-19-15(27-4)9-13(23)16-17(24)21(28-5)18(30-20(16)19)12-8-11(25-2)6-7-14(12)26-3/h6-9,23H,1-5H3. The number of fused-ring (bicyclic) bond motifs is 1. The summed E-state index contributed by atoms with van der Waals surface area (Å²) in [5.41, 5.74) is -0.510. The van der Waals surface area contributed by atoms with Crippen molar-refractivity contribution in [2.75, 3.05) is 28.4 Å². The van der Waals surface area contributed by atoms with Crippen molar-refractivity contribution in [3.05, 3.63) is 34.5 Å².